The van der Waals surface area contributed by atoms with Gasteiger partial charge in [0.05, 0.1) is 37.2 Å². The van der Waals surface area contributed by atoms with Gasteiger partial charge in [0.15, 0.2) is 29.8 Å². The number of nitrogens with one attached hydrogen (secondary N) is 11. The molecule has 1 aliphatic heterocycles. The summed E-state index contributed by atoms with van der Waals surface area (Å²) in [5.74, 6) is -14.4. The monoisotopic (exact) mass is 1560 g/mol. The van der Waals surface area contributed by atoms with E-state index in [-0.39, 0.29) is 145 Å². The molecule has 1 saturated carbocycles. The second-order valence-electron chi connectivity index (χ2n) is 25.3. The first-order valence-electron chi connectivity index (χ1n) is 34.7. The Balaban J connectivity index is 1.87. The Morgan fingerprint density at radius 1 is 0.620 bits per heavy atom. The van der Waals surface area contributed by atoms with Gasteiger partial charge < -0.3 is 131 Å². The quantitative estimate of drug-likeness (QED) is 0.0180. The number of rotatable bonds is 26. The van der Waals surface area contributed by atoms with E-state index in [2.05, 4.69) is 88.1 Å². The third-order valence-electron chi connectivity index (χ3n) is 16.8. The topological polar surface area (TPSA) is 752 Å². The fourth-order valence-electron chi connectivity index (χ4n) is 11.1. The number of guanidine groups is 5. The van der Waals surface area contributed by atoms with Crippen molar-refractivity contribution in [3.8, 4) is 5.75 Å². The van der Waals surface area contributed by atoms with E-state index in [4.69, 9.17) is 67.8 Å². The zero-order valence-electron chi connectivity index (χ0n) is 60.0. The molecule has 2 aliphatic rings. The number of hydrogen-bond acceptors (Lipinski definition) is 24. The number of carbonyl (C=O) groups is 12. The van der Waals surface area contributed by atoms with Crippen LogP contribution in [0, 0.1) is 0 Å². The van der Waals surface area contributed by atoms with Gasteiger partial charge in [-0.1, -0.05) is 53.0 Å². The van der Waals surface area contributed by atoms with Crippen LogP contribution in [0.3, 0.4) is 0 Å². The van der Waals surface area contributed by atoms with Gasteiger partial charge in [-0.15, -0.1) is 0 Å². The highest BCUT2D eigenvalue weighted by atomic mass is 33.1. The number of hydrogen-bond donors (Lipinski definition) is 24. The number of methoxy groups -OCH3 is 1. The number of aromatic amines is 1. The van der Waals surface area contributed by atoms with Crippen LogP contribution in [0.5, 0.6) is 5.75 Å². The summed E-state index contributed by atoms with van der Waals surface area (Å²) in [6.07, 6.45) is 3.17. The molecule has 2 heterocycles. The van der Waals surface area contributed by atoms with E-state index in [1.807, 2.05) is 0 Å². The highest BCUT2D eigenvalue weighted by molar-refractivity contribution is 8.77. The molecule has 1 aromatic carbocycles. The Morgan fingerprint density at radius 3 is 1.64 bits per heavy atom. The molecule has 598 valence electrons. The summed E-state index contributed by atoms with van der Waals surface area (Å²) in [5.41, 5.74) is 64.5. The number of carbonyl (C=O) groups excluding carboxylic acids is 10. The third kappa shape index (κ3) is 33.2. The number of benzene rings is 1. The summed E-state index contributed by atoms with van der Waals surface area (Å²) in [4.78, 5) is 196. The SMILES string of the molecule is COc1ccc(C[C@@H]2NC(=O)[C@H](CC(=O)O)NC(=O)CNC(=O)[C@H](CCCN=C(N)N)NC(=O)[C@@H](Cc3cnc[nH]3)NC(=O)[C@H](CCCN=C(N)N)NC(=O)[C@@H](N)CCCN=C(N)NC(=O)[C@H](N)C3(CCCCC3)SSC[C@@H](C(=O)N[C@@H](CCCN=C(N)N)C(=O)O)NC(=O)[C@H](CCCN=C(N)N)NC2=O)cc1. The number of carboxylic acids is 2. The minimum Gasteiger partial charge on any atom is -0.497 e. The Kier molecular flexibility index (Phi) is 38.8. The van der Waals surface area contributed by atoms with Gasteiger partial charge >= 0.3 is 11.9 Å². The van der Waals surface area contributed by atoms with Gasteiger partial charge in [-0.3, -0.25) is 83.0 Å². The number of ether oxygens (including phenoxy) is 1. The first-order chi connectivity index (χ1) is 51.3. The number of aliphatic carboxylic acids is 2. The van der Waals surface area contributed by atoms with E-state index in [0.717, 1.165) is 28.0 Å². The van der Waals surface area contributed by atoms with Crippen molar-refractivity contribution < 1.29 is 72.5 Å². The zero-order chi connectivity index (χ0) is 79.9. The van der Waals surface area contributed by atoms with Crippen molar-refractivity contribution in [3.05, 3.63) is 48.0 Å². The standard InChI is InChI=1S/C63H104N28O15S2/c1-106-35-17-15-33(16-18-35)26-41-52(99)86-39(13-8-23-78-60(70)71)51(98)90-44(55(102)87-40(57(104)105)14-9-24-79-61(72)73)31-107-108-63(19-3-2-4-20-63)47(65)56(103)91-62(74)80-25-5-10-36(64)48(95)84-38(12-7-22-77-59(68)69)50(97)89-42(27-34-29-75-32-82-34)53(100)85-37(11-6-21-76-58(66)67)49(96)81-30-45(92)83-43(28-46(93)94)54(101)88-41/h15-18,29,32,36-44,47H,2-14,19-28,30-31,64-65H2,1H3,(H,75,82)(H,81,96)(H,83,92)(H,84,95)(H,85,100)(H,86,99)(H,87,102)(H,88,101)(H,89,97)(H,90,98)(H,93,94)(H,104,105)(H4,66,67,76)(H4,68,69,77)(H4,70,71,78)(H4,72,73,79)(H3,74,80,91,103)/t36-,37-,38-,39-,40-,41-,42+,43-,44-,47-/m0/s1. The van der Waals surface area contributed by atoms with Crippen molar-refractivity contribution in [2.24, 2.45) is 88.0 Å². The maximum Gasteiger partial charge on any atom is 0.326 e. The molecule has 43 nitrogen and oxygen atoms in total. The normalized spacial score (nSPS) is 22.8. The molecule has 0 radical (unpaired) electrons. The molecule has 45 heteroatoms. The van der Waals surface area contributed by atoms with Gasteiger partial charge in [0.25, 0.3) is 0 Å². The second kappa shape index (κ2) is 46.9. The molecule has 1 aliphatic carbocycles. The summed E-state index contributed by atoms with van der Waals surface area (Å²) in [6.45, 7) is -1.21. The lowest BCUT2D eigenvalue weighted by molar-refractivity contribution is -0.142. The lowest BCUT2D eigenvalue weighted by Gasteiger charge is -2.40. The summed E-state index contributed by atoms with van der Waals surface area (Å²) >= 11 is 0. The van der Waals surface area contributed by atoms with E-state index in [1.54, 1.807) is 0 Å². The smallest absolute Gasteiger partial charge is 0.326 e. The van der Waals surface area contributed by atoms with Crippen LogP contribution in [0.15, 0.2) is 61.8 Å². The minimum absolute atomic E-state index is 0.00809. The fraction of sp³-hybridized carbons (Fsp3) is 0.587. The highest BCUT2D eigenvalue weighted by Crippen LogP contribution is 2.48. The lowest BCUT2D eigenvalue weighted by atomic mass is 9.83. The molecule has 0 saturated heterocycles. The number of carboxylic acid groups (broad SMARTS) is 2. The molecule has 108 heavy (non-hydrogen) atoms. The predicted octanol–water partition coefficient (Wildman–Crippen LogP) is -8.06. The van der Waals surface area contributed by atoms with Gasteiger partial charge in [-0.05, 0) is 94.7 Å². The molecule has 0 bridgehead atoms. The number of nitrogens with zero attached hydrogens (tertiary/aromatic N) is 6. The molecule has 1 fully saturated rings. The molecule has 4 rings (SSSR count). The Hall–Kier alpha value is -11.0. The summed E-state index contributed by atoms with van der Waals surface area (Å²) in [7, 11) is 3.57. The van der Waals surface area contributed by atoms with E-state index in [9.17, 15) is 67.7 Å². The van der Waals surface area contributed by atoms with Crippen LogP contribution < -0.4 is 121 Å². The first kappa shape index (κ1) is 89.4. The minimum atomic E-state index is -1.99. The Labute approximate surface area is 630 Å². The van der Waals surface area contributed by atoms with Crippen LogP contribution in [-0.4, -0.2) is 238 Å². The van der Waals surface area contributed by atoms with Gasteiger partial charge in [-0.2, -0.15) is 0 Å². The molecule has 1 spiro atoms. The van der Waals surface area contributed by atoms with Gasteiger partial charge in [-0.25, -0.2) is 9.78 Å². The third-order valence-corrected chi connectivity index (χ3v) is 20.1. The van der Waals surface area contributed by atoms with Crippen LogP contribution in [0.25, 0.3) is 0 Å². The number of aliphatic imine (C=N–C) groups is 5. The molecule has 2 aromatic rings. The van der Waals surface area contributed by atoms with Crippen LogP contribution in [0.4, 0.5) is 0 Å². The first-order valence-corrected chi connectivity index (χ1v) is 37.0. The van der Waals surface area contributed by atoms with Crippen LogP contribution in [-0.2, 0) is 70.4 Å². The predicted molar refractivity (Wildman–Crippen MR) is 403 cm³/mol. The van der Waals surface area contributed by atoms with Crippen molar-refractivity contribution in [1.82, 2.24) is 63.1 Å². The maximum atomic E-state index is 14.9. The van der Waals surface area contributed by atoms with Crippen LogP contribution in [0.2, 0.25) is 0 Å². The van der Waals surface area contributed by atoms with Crippen molar-refractivity contribution in [3.63, 3.8) is 0 Å². The Morgan fingerprint density at radius 2 is 1.12 bits per heavy atom. The van der Waals surface area contributed by atoms with Crippen LogP contribution >= 0.6 is 21.6 Å². The second-order valence-corrected chi connectivity index (χ2v) is 28.1. The molecule has 10 amide bonds. The largest absolute Gasteiger partial charge is 0.497 e. The van der Waals surface area contributed by atoms with Crippen LogP contribution in [0.1, 0.15) is 114 Å². The summed E-state index contributed by atoms with van der Waals surface area (Å²) in [5, 5.41) is 45.6. The number of aromatic nitrogens is 2. The molecule has 10 atom stereocenters. The number of H-pyrrole nitrogens is 1. The molecule has 1 aromatic heterocycles. The van der Waals surface area contributed by atoms with E-state index in [1.165, 1.54) is 43.9 Å². The lowest BCUT2D eigenvalue weighted by Crippen LogP contribution is -2.60. The van der Waals surface area contributed by atoms with Crippen molar-refractivity contribution in [2.45, 2.75) is 181 Å². The van der Waals surface area contributed by atoms with Crippen molar-refractivity contribution >= 4 is 122 Å². The maximum absolute atomic E-state index is 14.9. The molecular formula is C63H104N28O15S2. The number of amides is 10. The number of imidazole rings is 1. The molecular weight excluding hydrogens is 1450 g/mol. The highest BCUT2D eigenvalue weighted by Gasteiger charge is 2.44. The Bertz CT molecular complexity index is 3490. The van der Waals surface area contributed by atoms with E-state index >= 15 is 0 Å². The van der Waals surface area contributed by atoms with Gasteiger partial charge in [0.2, 0.25) is 59.1 Å². The summed E-state index contributed by atoms with van der Waals surface area (Å²) < 4.78 is 4.25. The summed E-state index contributed by atoms with van der Waals surface area (Å²) in [6, 6.07) is -9.36. The molecule has 35 N–H and O–H groups in total. The van der Waals surface area contributed by atoms with Gasteiger partial charge in [0.1, 0.15) is 60.1 Å². The van der Waals surface area contributed by atoms with E-state index < -0.39 is 149 Å². The number of nitrogens with two attached hydrogens (primary N) is 11. The zero-order valence-corrected chi connectivity index (χ0v) is 61.6. The molecule has 0 unspecified atom stereocenters. The average molecular weight is 1560 g/mol. The van der Waals surface area contributed by atoms with E-state index in [0.29, 0.717) is 42.7 Å². The fourth-order valence-corrected chi connectivity index (χ4v) is 14.5. The van der Waals surface area contributed by atoms with Crippen molar-refractivity contribution in [1.29, 1.82) is 0 Å². The van der Waals surface area contributed by atoms with Gasteiger partial charge in [0, 0.05) is 63.2 Å². The average Bonchev–Trinajstić information content (AvgIpc) is 0.852. The van der Waals surface area contributed by atoms with Crippen molar-refractivity contribution in [2.75, 3.05) is 52.1 Å².